The van der Waals surface area contributed by atoms with Crippen LogP contribution < -0.4 is 5.48 Å². The zero-order valence-electron chi connectivity index (χ0n) is 9.50. The highest BCUT2D eigenvalue weighted by atomic mass is 19.1. The molecule has 0 bridgehead atoms. The molecule has 1 N–H and O–H groups in total. The van der Waals surface area contributed by atoms with Gasteiger partial charge < -0.3 is 0 Å². The average Bonchev–Trinajstić information content (AvgIpc) is 2.21. The van der Waals surface area contributed by atoms with E-state index in [1.807, 2.05) is 13.8 Å². The van der Waals surface area contributed by atoms with E-state index in [-0.39, 0.29) is 18.1 Å². The second kappa shape index (κ2) is 6.23. The lowest BCUT2D eigenvalue weighted by Gasteiger charge is -2.07. The number of halogens is 1. The van der Waals surface area contributed by atoms with Crippen LogP contribution in [0.5, 0.6) is 0 Å². The molecular formula is C12H16FNO2. The third-order valence-corrected chi connectivity index (χ3v) is 1.88. The first-order valence-electron chi connectivity index (χ1n) is 5.23. The molecule has 0 saturated heterocycles. The molecule has 3 nitrogen and oxygen atoms in total. The maximum absolute atomic E-state index is 12.6. The molecule has 1 amide bonds. The Morgan fingerprint density at radius 3 is 2.56 bits per heavy atom. The predicted molar refractivity (Wildman–Crippen MR) is 59.0 cm³/mol. The van der Waals surface area contributed by atoms with Crippen LogP contribution in [0.3, 0.4) is 0 Å². The molecule has 0 heterocycles. The maximum atomic E-state index is 12.6. The van der Waals surface area contributed by atoms with Crippen LogP contribution in [-0.4, -0.2) is 12.5 Å². The number of rotatable bonds is 5. The van der Waals surface area contributed by atoms with Gasteiger partial charge in [-0.3, -0.25) is 9.63 Å². The van der Waals surface area contributed by atoms with Crippen LogP contribution in [0.1, 0.15) is 19.4 Å². The highest BCUT2D eigenvalue weighted by molar-refractivity contribution is 5.77. The summed E-state index contributed by atoms with van der Waals surface area (Å²) < 4.78 is 12.6. The predicted octanol–water partition coefficient (Wildman–Crippen LogP) is 2.07. The third kappa shape index (κ3) is 4.89. The molecule has 0 aliphatic carbocycles. The van der Waals surface area contributed by atoms with E-state index in [0.29, 0.717) is 12.5 Å². The second-order valence-electron chi connectivity index (χ2n) is 4.03. The van der Waals surface area contributed by atoms with E-state index >= 15 is 0 Å². The summed E-state index contributed by atoms with van der Waals surface area (Å²) in [5, 5.41) is 0. The number of amides is 1. The molecule has 0 saturated carbocycles. The quantitative estimate of drug-likeness (QED) is 0.779. The molecule has 1 aromatic rings. The first-order valence-corrected chi connectivity index (χ1v) is 5.23. The van der Waals surface area contributed by atoms with E-state index in [1.165, 1.54) is 12.1 Å². The SMILES string of the molecule is CC(C)CONC(=O)Cc1ccc(F)cc1. The molecule has 0 radical (unpaired) electrons. The Kier molecular flexibility index (Phi) is 4.92. The van der Waals surface area contributed by atoms with Crippen molar-refractivity contribution in [3.8, 4) is 0 Å². The summed E-state index contributed by atoms with van der Waals surface area (Å²) in [7, 11) is 0. The van der Waals surface area contributed by atoms with Crippen LogP contribution in [0, 0.1) is 11.7 Å². The smallest absolute Gasteiger partial charge is 0.247 e. The molecule has 4 heteroatoms. The molecule has 1 rings (SSSR count). The Balaban J connectivity index is 2.31. The molecule has 0 aliphatic heterocycles. The van der Waals surface area contributed by atoms with Gasteiger partial charge in [-0.1, -0.05) is 26.0 Å². The molecule has 0 atom stereocenters. The van der Waals surface area contributed by atoms with E-state index in [0.717, 1.165) is 5.56 Å². The van der Waals surface area contributed by atoms with Crippen LogP contribution in [0.4, 0.5) is 4.39 Å². The first kappa shape index (κ1) is 12.6. The zero-order valence-corrected chi connectivity index (χ0v) is 9.50. The Morgan fingerprint density at radius 1 is 1.38 bits per heavy atom. The van der Waals surface area contributed by atoms with Gasteiger partial charge in [0.1, 0.15) is 5.82 Å². The summed E-state index contributed by atoms with van der Waals surface area (Å²) in [5.74, 6) is -0.168. The van der Waals surface area contributed by atoms with Gasteiger partial charge in [0.25, 0.3) is 0 Å². The van der Waals surface area contributed by atoms with Crippen molar-refractivity contribution in [2.75, 3.05) is 6.61 Å². The summed E-state index contributed by atoms with van der Waals surface area (Å²) in [5.41, 5.74) is 3.10. The first-order chi connectivity index (χ1) is 7.58. The Bertz CT molecular complexity index is 335. The van der Waals surface area contributed by atoms with Crippen LogP contribution in [-0.2, 0) is 16.1 Å². The number of carbonyl (C=O) groups excluding carboxylic acids is 1. The topological polar surface area (TPSA) is 38.3 Å². The molecular weight excluding hydrogens is 209 g/mol. The van der Waals surface area contributed by atoms with E-state index in [9.17, 15) is 9.18 Å². The van der Waals surface area contributed by atoms with E-state index in [4.69, 9.17) is 4.84 Å². The zero-order chi connectivity index (χ0) is 12.0. The molecule has 0 aromatic heterocycles. The number of benzene rings is 1. The number of carbonyl (C=O) groups is 1. The fraction of sp³-hybridized carbons (Fsp3) is 0.417. The minimum atomic E-state index is -0.305. The average molecular weight is 225 g/mol. The van der Waals surface area contributed by atoms with Crippen LogP contribution in [0.25, 0.3) is 0 Å². The van der Waals surface area contributed by atoms with Crippen molar-refractivity contribution in [2.45, 2.75) is 20.3 Å². The Morgan fingerprint density at radius 2 is 2.00 bits per heavy atom. The van der Waals surface area contributed by atoms with Crippen molar-refractivity contribution in [1.82, 2.24) is 5.48 Å². The molecule has 16 heavy (non-hydrogen) atoms. The van der Waals surface area contributed by atoms with Gasteiger partial charge in [-0.15, -0.1) is 0 Å². The van der Waals surface area contributed by atoms with Gasteiger partial charge >= 0.3 is 0 Å². The molecule has 88 valence electrons. The number of hydrogen-bond acceptors (Lipinski definition) is 2. The van der Waals surface area contributed by atoms with Crippen molar-refractivity contribution in [1.29, 1.82) is 0 Å². The van der Waals surface area contributed by atoms with Crippen LogP contribution in [0.2, 0.25) is 0 Å². The van der Waals surface area contributed by atoms with Crippen molar-refractivity contribution < 1.29 is 14.0 Å². The lowest BCUT2D eigenvalue weighted by Crippen LogP contribution is -2.27. The number of hydroxylamine groups is 1. The number of hydrogen-bond donors (Lipinski definition) is 1. The van der Waals surface area contributed by atoms with Crippen molar-refractivity contribution in [3.05, 3.63) is 35.6 Å². The fourth-order valence-electron chi connectivity index (χ4n) is 1.11. The van der Waals surface area contributed by atoms with Gasteiger partial charge in [0, 0.05) is 0 Å². The number of nitrogens with one attached hydrogen (secondary N) is 1. The van der Waals surface area contributed by atoms with Crippen molar-refractivity contribution in [2.24, 2.45) is 5.92 Å². The summed E-state index contributed by atoms with van der Waals surface area (Å²) in [6.45, 7) is 4.47. The minimum absolute atomic E-state index is 0.193. The monoisotopic (exact) mass is 225 g/mol. The largest absolute Gasteiger partial charge is 0.273 e. The Hall–Kier alpha value is -1.42. The van der Waals surface area contributed by atoms with E-state index in [1.54, 1.807) is 12.1 Å². The summed E-state index contributed by atoms with van der Waals surface area (Å²) in [6.07, 6.45) is 0.193. The van der Waals surface area contributed by atoms with Gasteiger partial charge in [-0.05, 0) is 23.6 Å². The lowest BCUT2D eigenvalue weighted by molar-refractivity contribution is -0.133. The lowest BCUT2D eigenvalue weighted by atomic mass is 10.1. The van der Waals surface area contributed by atoms with Crippen LogP contribution >= 0.6 is 0 Å². The maximum Gasteiger partial charge on any atom is 0.247 e. The molecule has 0 spiro atoms. The second-order valence-corrected chi connectivity index (χ2v) is 4.03. The normalized spacial score (nSPS) is 10.5. The minimum Gasteiger partial charge on any atom is -0.273 e. The van der Waals surface area contributed by atoms with Gasteiger partial charge in [0.05, 0.1) is 13.0 Å². The van der Waals surface area contributed by atoms with Crippen molar-refractivity contribution >= 4 is 5.91 Å². The van der Waals surface area contributed by atoms with E-state index in [2.05, 4.69) is 5.48 Å². The fourth-order valence-corrected chi connectivity index (χ4v) is 1.11. The van der Waals surface area contributed by atoms with Gasteiger partial charge in [-0.2, -0.15) is 0 Å². The van der Waals surface area contributed by atoms with Gasteiger partial charge in [0.2, 0.25) is 5.91 Å². The molecule has 0 fully saturated rings. The standard InChI is InChI=1S/C12H16FNO2/c1-9(2)8-16-14-12(15)7-10-3-5-11(13)6-4-10/h3-6,9H,7-8H2,1-2H3,(H,14,15). The van der Waals surface area contributed by atoms with Crippen molar-refractivity contribution in [3.63, 3.8) is 0 Å². The van der Waals surface area contributed by atoms with Gasteiger partial charge in [-0.25, -0.2) is 9.87 Å². The third-order valence-electron chi connectivity index (χ3n) is 1.88. The molecule has 0 unspecified atom stereocenters. The van der Waals surface area contributed by atoms with E-state index < -0.39 is 0 Å². The molecule has 0 aliphatic rings. The van der Waals surface area contributed by atoms with Gasteiger partial charge in [0.15, 0.2) is 0 Å². The highest BCUT2D eigenvalue weighted by Crippen LogP contribution is 2.03. The Labute approximate surface area is 94.6 Å². The summed E-state index contributed by atoms with van der Waals surface area (Å²) in [6, 6.07) is 5.82. The highest BCUT2D eigenvalue weighted by Gasteiger charge is 2.03. The molecule has 1 aromatic carbocycles. The summed E-state index contributed by atoms with van der Waals surface area (Å²) in [4.78, 5) is 16.3. The van der Waals surface area contributed by atoms with Crippen LogP contribution in [0.15, 0.2) is 24.3 Å². The summed E-state index contributed by atoms with van der Waals surface area (Å²) >= 11 is 0.